The smallest absolute Gasteiger partial charge is 0.131 e. The molecule has 2 N–H and O–H groups in total. The number of hydrogen-bond donors (Lipinski definition) is 1. The molecular weight excluding hydrogens is 253 g/mol. The summed E-state index contributed by atoms with van der Waals surface area (Å²) >= 11 is 6.03. The second-order valence-electron chi connectivity index (χ2n) is 4.17. The highest BCUT2D eigenvalue weighted by Gasteiger charge is 2.15. The first kappa shape index (κ1) is 12.9. The number of benzene rings is 1. The summed E-state index contributed by atoms with van der Waals surface area (Å²) in [5.41, 5.74) is 7.35. The van der Waals surface area contributed by atoms with Crippen molar-refractivity contribution in [2.45, 2.75) is 26.8 Å². The molecule has 0 atom stereocenters. The largest absolute Gasteiger partial charge is 0.383 e. The third-order valence-corrected chi connectivity index (χ3v) is 3.14. The highest BCUT2D eigenvalue weighted by molar-refractivity contribution is 6.33. The molecule has 0 saturated heterocycles. The van der Waals surface area contributed by atoms with Gasteiger partial charge in [-0.2, -0.15) is 0 Å². The number of aromatic nitrogens is 2. The Balaban J connectivity index is 2.54. The molecular formula is C13H15ClFN3. The van der Waals surface area contributed by atoms with E-state index in [4.69, 9.17) is 17.3 Å². The van der Waals surface area contributed by atoms with Gasteiger partial charge in [0.1, 0.15) is 23.2 Å². The summed E-state index contributed by atoms with van der Waals surface area (Å²) in [5, 5.41) is 0.322. The van der Waals surface area contributed by atoms with E-state index in [-0.39, 0.29) is 5.82 Å². The Hall–Kier alpha value is -1.55. The number of nitrogen functional groups attached to an aromatic ring is 1. The standard InChI is InChI=1S/C13H15ClFN3/c1-3-6-18-8(2)17-12(13(18)16)10-5-4-9(15)7-11(10)14/h4-5,7H,3,6,16H2,1-2H3. The van der Waals surface area contributed by atoms with E-state index >= 15 is 0 Å². The van der Waals surface area contributed by atoms with Gasteiger partial charge in [-0.3, -0.25) is 0 Å². The highest BCUT2D eigenvalue weighted by atomic mass is 35.5. The van der Waals surface area contributed by atoms with Gasteiger partial charge >= 0.3 is 0 Å². The van der Waals surface area contributed by atoms with Crippen molar-refractivity contribution in [3.05, 3.63) is 34.9 Å². The van der Waals surface area contributed by atoms with E-state index < -0.39 is 0 Å². The van der Waals surface area contributed by atoms with Crippen LogP contribution in [0, 0.1) is 12.7 Å². The molecule has 5 heteroatoms. The van der Waals surface area contributed by atoms with Gasteiger partial charge in [-0.1, -0.05) is 18.5 Å². The summed E-state index contributed by atoms with van der Waals surface area (Å²) in [5.74, 6) is 1.04. The zero-order valence-electron chi connectivity index (χ0n) is 10.4. The Morgan fingerprint density at radius 3 is 2.78 bits per heavy atom. The first-order valence-electron chi connectivity index (χ1n) is 5.82. The van der Waals surface area contributed by atoms with Crippen molar-refractivity contribution in [3.8, 4) is 11.3 Å². The van der Waals surface area contributed by atoms with Crippen molar-refractivity contribution >= 4 is 17.4 Å². The molecule has 1 heterocycles. The van der Waals surface area contributed by atoms with Gasteiger partial charge in [-0.05, 0) is 31.5 Å². The molecule has 0 aliphatic carbocycles. The quantitative estimate of drug-likeness (QED) is 0.923. The third-order valence-electron chi connectivity index (χ3n) is 2.83. The topological polar surface area (TPSA) is 43.8 Å². The first-order valence-corrected chi connectivity index (χ1v) is 6.20. The Morgan fingerprint density at radius 2 is 2.17 bits per heavy atom. The monoisotopic (exact) mass is 267 g/mol. The Labute approximate surface area is 110 Å². The fourth-order valence-corrected chi connectivity index (χ4v) is 2.22. The molecule has 0 unspecified atom stereocenters. The van der Waals surface area contributed by atoms with Crippen LogP contribution in [0.25, 0.3) is 11.3 Å². The summed E-state index contributed by atoms with van der Waals surface area (Å²) in [4.78, 5) is 4.42. The maximum absolute atomic E-state index is 13.0. The molecule has 0 radical (unpaired) electrons. The molecule has 3 nitrogen and oxygen atoms in total. The van der Waals surface area contributed by atoms with Gasteiger partial charge in [0.05, 0.1) is 5.02 Å². The van der Waals surface area contributed by atoms with E-state index in [2.05, 4.69) is 11.9 Å². The predicted octanol–water partition coefficient (Wildman–Crippen LogP) is 3.64. The number of halogens is 2. The van der Waals surface area contributed by atoms with Crippen molar-refractivity contribution in [2.75, 3.05) is 5.73 Å². The fourth-order valence-electron chi connectivity index (χ4n) is 1.97. The summed E-state index contributed by atoms with van der Waals surface area (Å²) < 4.78 is 15.0. The van der Waals surface area contributed by atoms with Crippen molar-refractivity contribution < 1.29 is 4.39 Å². The van der Waals surface area contributed by atoms with Crippen LogP contribution in [0.3, 0.4) is 0 Å². The van der Waals surface area contributed by atoms with Crippen LogP contribution in [0.4, 0.5) is 10.2 Å². The number of imidazole rings is 1. The average molecular weight is 268 g/mol. The summed E-state index contributed by atoms with van der Waals surface area (Å²) in [6.45, 7) is 4.78. The molecule has 0 amide bonds. The van der Waals surface area contributed by atoms with Crippen molar-refractivity contribution in [2.24, 2.45) is 0 Å². The lowest BCUT2D eigenvalue weighted by Gasteiger charge is -2.06. The molecule has 0 spiro atoms. The Kier molecular flexibility index (Phi) is 3.57. The normalized spacial score (nSPS) is 10.9. The lowest BCUT2D eigenvalue weighted by Crippen LogP contribution is -2.04. The number of aryl methyl sites for hydroxylation is 1. The van der Waals surface area contributed by atoms with Crippen molar-refractivity contribution in [1.29, 1.82) is 0 Å². The van der Waals surface area contributed by atoms with Crippen LogP contribution in [0.2, 0.25) is 5.02 Å². The molecule has 2 aromatic rings. The number of nitrogens with zero attached hydrogens (tertiary/aromatic N) is 2. The van der Waals surface area contributed by atoms with Gasteiger partial charge in [0.15, 0.2) is 0 Å². The SMILES string of the molecule is CCCn1c(C)nc(-c2ccc(F)cc2Cl)c1N. The van der Waals surface area contributed by atoms with Crippen LogP contribution in [0.15, 0.2) is 18.2 Å². The van der Waals surface area contributed by atoms with Gasteiger partial charge in [-0.15, -0.1) is 0 Å². The summed E-state index contributed by atoms with van der Waals surface area (Å²) in [6.07, 6.45) is 0.970. The lowest BCUT2D eigenvalue weighted by atomic mass is 10.1. The minimum absolute atomic E-state index is 0.322. The number of nitrogens with two attached hydrogens (primary N) is 1. The molecule has 96 valence electrons. The second kappa shape index (κ2) is 4.98. The Morgan fingerprint density at radius 1 is 1.44 bits per heavy atom. The number of hydrogen-bond acceptors (Lipinski definition) is 2. The van der Waals surface area contributed by atoms with Crippen molar-refractivity contribution in [3.63, 3.8) is 0 Å². The molecule has 0 aliphatic rings. The van der Waals surface area contributed by atoms with E-state index in [0.717, 1.165) is 18.8 Å². The van der Waals surface area contributed by atoms with Crippen LogP contribution in [0.1, 0.15) is 19.2 Å². The zero-order chi connectivity index (χ0) is 13.3. The molecule has 18 heavy (non-hydrogen) atoms. The summed E-state index contributed by atoms with van der Waals surface area (Å²) in [6, 6.07) is 4.23. The maximum Gasteiger partial charge on any atom is 0.131 e. The molecule has 0 aliphatic heterocycles. The van der Waals surface area contributed by atoms with E-state index in [9.17, 15) is 4.39 Å². The third kappa shape index (κ3) is 2.20. The van der Waals surface area contributed by atoms with Gasteiger partial charge in [-0.25, -0.2) is 9.37 Å². The van der Waals surface area contributed by atoms with Crippen LogP contribution in [0.5, 0.6) is 0 Å². The molecule has 1 aromatic heterocycles. The number of rotatable bonds is 3. The van der Waals surface area contributed by atoms with Gasteiger partial charge in [0.2, 0.25) is 0 Å². The van der Waals surface area contributed by atoms with Gasteiger partial charge in [0, 0.05) is 12.1 Å². The van der Waals surface area contributed by atoms with E-state index in [1.54, 1.807) is 6.07 Å². The lowest BCUT2D eigenvalue weighted by molar-refractivity contribution is 0.628. The molecule has 1 aromatic carbocycles. The average Bonchev–Trinajstić information content (AvgIpc) is 2.58. The maximum atomic E-state index is 13.0. The first-order chi connectivity index (χ1) is 8.54. The zero-order valence-corrected chi connectivity index (χ0v) is 11.1. The molecule has 0 bridgehead atoms. The summed E-state index contributed by atoms with van der Waals surface area (Å²) in [7, 11) is 0. The molecule has 2 rings (SSSR count). The van der Waals surface area contributed by atoms with E-state index in [1.165, 1.54) is 12.1 Å². The highest BCUT2D eigenvalue weighted by Crippen LogP contribution is 2.32. The van der Waals surface area contributed by atoms with Crippen LogP contribution < -0.4 is 5.73 Å². The van der Waals surface area contributed by atoms with E-state index in [1.807, 2.05) is 11.5 Å². The fraction of sp³-hybridized carbons (Fsp3) is 0.308. The molecule has 0 saturated carbocycles. The Bertz CT molecular complexity index is 578. The minimum Gasteiger partial charge on any atom is -0.383 e. The predicted molar refractivity (Wildman–Crippen MR) is 72.1 cm³/mol. The second-order valence-corrected chi connectivity index (χ2v) is 4.58. The van der Waals surface area contributed by atoms with Gasteiger partial charge < -0.3 is 10.3 Å². The number of anilines is 1. The minimum atomic E-state index is -0.368. The van der Waals surface area contributed by atoms with Crippen LogP contribution in [-0.4, -0.2) is 9.55 Å². The van der Waals surface area contributed by atoms with Gasteiger partial charge in [0.25, 0.3) is 0 Å². The van der Waals surface area contributed by atoms with Crippen LogP contribution in [-0.2, 0) is 6.54 Å². The van der Waals surface area contributed by atoms with Crippen molar-refractivity contribution in [1.82, 2.24) is 9.55 Å². The molecule has 0 fully saturated rings. The van der Waals surface area contributed by atoms with E-state index in [0.29, 0.717) is 22.1 Å². The van der Waals surface area contributed by atoms with Crippen LogP contribution >= 0.6 is 11.6 Å².